The molecule has 0 amide bonds. The van der Waals surface area contributed by atoms with Crippen LogP contribution in [0.5, 0.6) is 0 Å². The molecular formula is C50H32N2S. The molecule has 0 radical (unpaired) electrons. The predicted octanol–water partition coefficient (Wildman–Crippen LogP) is 14.6. The van der Waals surface area contributed by atoms with Gasteiger partial charge in [-0.3, -0.25) is 0 Å². The molecule has 0 aliphatic heterocycles. The zero-order valence-electron chi connectivity index (χ0n) is 28.8. The number of fused-ring (bicyclic) bond motifs is 8. The molecule has 11 aromatic rings. The zero-order chi connectivity index (χ0) is 34.9. The molecule has 0 atom stereocenters. The van der Waals surface area contributed by atoms with Crippen molar-refractivity contribution in [1.82, 2.24) is 4.57 Å². The molecule has 0 bridgehead atoms. The average molecular weight is 693 g/mol. The molecule has 0 N–H and O–H groups in total. The summed E-state index contributed by atoms with van der Waals surface area (Å²) in [4.78, 5) is 2.43. The smallest absolute Gasteiger partial charge is 0.0541 e. The van der Waals surface area contributed by atoms with Gasteiger partial charge >= 0.3 is 0 Å². The van der Waals surface area contributed by atoms with Gasteiger partial charge in [0.25, 0.3) is 0 Å². The van der Waals surface area contributed by atoms with Crippen molar-refractivity contribution in [3.8, 4) is 16.8 Å². The maximum absolute atomic E-state index is 2.44. The number of hydrogen-bond acceptors (Lipinski definition) is 2. The molecule has 0 unspecified atom stereocenters. The van der Waals surface area contributed by atoms with Gasteiger partial charge < -0.3 is 9.47 Å². The van der Waals surface area contributed by atoms with E-state index in [-0.39, 0.29) is 0 Å². The van der Waals surface area contributed by atoms with Crippen LogP contribution in [0.15, 0.2) is 194 Å². The largest absolute Gasteiger partial charge is 0.309 e. The van der Waals surface area contributed by atoms with Crippen LogP contribution in [-0.2, 0) is 0 Å². The Balaban J connectivity index is 1.14. The molecule has 0 aliphatic rings. The maximum atomic E-state index is 2.44. The summed E-state index contributed by atoms with van der Waals surface area (Å²) < 4.78 is 5.05. The molecule has 9 aromatic carbocycles. The van der Waals surface area contributed by atoms with Crippen molar-refractivity contribution in [1.29, 1.82) is 0 Å². The fourth-order valence-corrected chi connectivity index (χ4v) is 9.58. The lowest BCUT2D eigenvalue weighted by molar-refractivity contribution is 1.19. The van der Waals surface area contributed by atoms with Crippen molar-refractivity contribution < 1.29 is 0 Å². The van der Waals surface area contributed by atoms with E-state index in [4.69, 9.17) is 0 Å². The monoisotopic (exact) mass is 692 g/mol. The highest BCUT2D eigenvalue weighted by atomic mass is 32.1. The summed E-state index contributed by atoms with van der Waals surface area (Å²) >= 11 is 1.88. The van der Waals surface area contributed by atoms with Crippen molar-refractivity contribution in [3.63, 3.8) is 0 Å². The molecule has 2 nitrogen and oxygen atoms in total. The van der Waals surface area contributed by atoms with Crippen LogP contribution in [0.1, 0.15) is 0 Å². The lowest BCUT2D eigenvalue weighted by Crippen LogP contribution is -2.11. The number of para-hydroxylation sites is 2. The van der Waals surface area contributed by atoms with Crippen LogP contribution in [0.25, 0.3) is 80.3 Å². The van der Waals surface area contributed by atoms with E-state index in [2.05, 4.69) is 204 Å². The van der Waals surface area contributed by atoms with Gasteiger partial charge in [-0.1, -0.05) is 140 Å². The average Bonchev–Trinajstić information content (AvgIpc) is 3.77. The molecule has 248 valence electrons. The first-order chi connectivity index (χ1) is 26.3. The van der Waals surface area contributed by atoms with E-state index in [0.29, 0.717) is 0 Å². The number of nitrogens with zero attached hydrogens (tertiary/aromatic N) is 2. The van der Waals surface area contributed by atoms with E-state index in [0.717, 1.165) is 17.1 Å². The Labute approximate surface area is 311 Å². The highest BCUT2D eigenvalue weighted by molar-refractivity contribution is 7.26. The quantitative estimate of drug-likeness (QED) is 0.174. The maximum Gasteiger partial charge on any atom is 0.0541 e. The third-order valence-electron chi connectivity index (χ3n) is 10.8. The first-order valence-electron chi connectivity index (χ1n) is 18.1. The molecule has 0 spiro atoms. The van der Waals surface area contributed by atoms with Gasteiger partial charge in [-0.25, -0.2) is 0 Å². The molecule has 0 fully saturated rings. The lowest BCUT2D eigenvalue weighted by atomic mass is 10.00. The summed E-state index contributed by atoms with van der Waals surface area (Å²) in [5.74, 6) is 0. The van der Waals surface area contributed by atoms with E-state index < -0.39 is 0 Å². The predicted molar refractivity (Wildman–Crippen MR) is 229 cm³/mol. The van der Waals surface area contributed by atoms with E-state index in [1.54, 1.807) is 0 Å². The van der Waals surface area contributed by atoms with Crippen LogP contribution >= 0.6 is 11.3 Å². The molecule has 2 heterocycles. The van der Waals surface area contributed by atoms with Crippen LogP contribution in [0.3, 0.4) is 0 Å². The summed E-state index contributed by atoms with van der Waals surface area (Å²) in [6.07, 6.45) is 0. The normalized spacial score (nSPS) is 11.8. The van der Waals surface area contributed by atoms with Crippen molar-refractivity contribution in [2.45, 2.75) is 0 Å². The van der Waals surface area contributed by atoms with Crippen LogP contribution in [0.4, 0.5) is 17.1 Å². The third kappa shape index (κ3) is 4.71. The SMILES string of the molecule is c1ccc2c(N(c3ccc(-c4cc(-n5c6ccccc6c6ccccc65)cc5c4sc4ccccc45)cc3)c3cccc4ccccc34)cccc2c1. The number of benzene rings is 9. The molecule has 0 aliphatic carbocycles. The molecule has 53 heavy (non-hydrogen) atoms. The molecule has 11 rings (SSSR count). The van der Waals surface area contributed by atoms with E-state index in [1.807, 2.05) is 11.3 Å². The van der Waals surface area contributed by atoms with Gasteiger partial charge in [0, 0.05) is 58.7 Å². The molecule has 3 heteroatoms. The van der Waals surface area contributed by atoms with Gasteiger partial charge in [-0.15, -0.1) is 11.3 Å². The molecular weight excluding hydrogens is 661 g/mol. The summed E-state index contributed by atoms with van der Waals surface area (Å²) in [5, 5.41) is 10.0. The van der Waals surface area contributed by atoms with Crippen LogP contribution in [-0.4, -0.2) is 4.57 Å². The minimum absolute atomic E-state index is 1.12. The van der Waals surface area contributed by atoms with Crippen molar-refractivity contribution >= 4 is 91.9 Å². The van der Waals surface area contributed by atoms with E-state index in [9.17, 15) is 0 Å². The standard InChI is InChI=1S/C50H32N2S/c1-3-17-38-33(13-1)15-11-24-45(38)51(46-25-12-16-34-14-2-4-18-39(34)46)36-29-27-35(28-30-36)43-31-37(32-44-42-21-7-10-26-49(42)53-50(43)44)52-47-22-8-5-19-40(47)41-20-6-9-23-48(41)52/h1-32H. The van der Waals surface area contributed by atoms with Crippen LogP contribution in [0, 0.1) is 0 Å². The Hall–Kier alpha value is -6.68. The lowest BCUT2D eigenvalue weighted by Gasteiger charge is -2.28. The zero-order valence-corrected chi connectivity index (χ0v) is 29.6. The van der Waals surface area contributed by atoms with Crippen molar-refractivity contribution in [2.24, 2.45) is 0 Å². The second kappa shape index (κ2) is 11.9. The van der Waals surface area contributed by atoms with Gasteiger partial charge in [0.1, 0.15) is 0 Å². The summed E-state index contributed by atoms with van der Waals surface area (Å²) in [5.41, 5.74) is 9.49. The van der Waals surface area contributed by atoms with Crippen molar-refractivity contribution in [2.75, 3.05) is 4.90 Å². The first-order valence-corrected chi connectivity index (χ1v) is 18.9. The second-order valence-electron chi connectivity index (χ2n) is 13.7. The number of hydrogen-bond donors (Lipinski definition) is 0. The van der Waals surface area contributed by atoms with Crippen LogP contribution < -0.4 is 4.90 Å². The van der Waals surface area contributed by atoms with E-state index >= 15 is 0 Å². The fraction of sp³-hybridized carbons (Fsp3) is 0. The highest BCUT2D eigenvalue weighted by Gasteiger charge is 2.20. The Morgan fingerprint density at radius 2 is 0.906 bits per heavy atom. The Kier molecular flexibility index (Phi) is 6.76. The fourth-order valence-electron chi connectivity index (χ4n) is 8.36. The van der Waals surface area contributed by atoms with Crippen molar-refractivity contribution in [3.05, 3.63) is 194 Å². The molecule has 0 saturated heterocycles. The number of anilines is 3. The Morgan fingerprint density at radius 1 is 0.396 bits per heavy atom. The number of aromatic nitrogens is 1. The second-order valence-corrected chi connectivity index (χ2v) is 14.8. The number of thiophene rings is 1. The van der Waals surface area contributed by atoms with Gasteiger partial charge in [0.15, 0.2) is 0 Å². The molecule has 2 aromatic heterocycles. The minimum Gasteiger partial charge on any atom is -0.309 e. The minimum atomic E-state index is 1.12. The molecule has 0 saturated carbocycles. The number of rotatable bonds is 5. The first kappa shape index (κ1) is 30.0. The Bertz CT molecular complexity index is 3040. The highest BCUT2D eigenvalue weighted by Crippen LogP contribution is 2.45. The van der Waals surface area contributed by atoms with E-state index in [1.165, 1.54) is 80.3 Å². The Morgan fingerprint density at radius 3 is 1.53 bits per heavy atom. The third-order valence-corrected chi connectivity index (χ3v) is 12.0. The van der Waals surface area contributed by atoms with Gasteiger partial charge in [-0.05, 0) is 70.9 Å². The van der Waals surface area contributed by atoms with Gasteiger partial charge in [0.05, 0.1) is 22.4 Å². The summed E-state index contributed by atoms with van der Waals surface area (Å²) in [6, 6.07) is 71.0. The van der Waals surface area contributed by atoms with Gasteiger partial charge in [-0.2, -0.15) is 0 Å². The van der Waals surface area contributed by atoms with Crippen LogP contribution in [0.2, 0.25) is 0 Å². The topological polar surface area (TPSA) is 8.17 Å². The van der Waals surface area contributed by atoms with Gasteiger partial charge in [0.2, 0.25) is 0 Å². The summed E-state index contributed by atoms with van der Waals surface area (Å²) in [6.45, 7) is 0. The summed E-state index contributed by atoms with van der Waals surface area (Å²) in [7, 11) is 0.